The van der Waals surface area contributed by atoms with Crippen molar-refractivity contribution in [3.8, 4) is 0 Å². The highest BCUT2D eigenvalue weighted by Gasteiger charge is 2.36. The molecule has 0 aromatic heterocycles. The standard InChI is InChI=1S/C16H22O4S/c1-4-11(3)13(14(17)15(18)20-5-2)16(19)21-12-9-7-6-8-10-12/h6-11,13-14,17H,4-5H2,1-3H3/t11-,13-,14+/m0/s1. The Morgan fingerprint density at radius 2 is 1.86 bits per heavy atom. The van der Waals surface area contributed by atoms with E-state index in [2.05, 4.69) is 0 Å². The number of carbonyl (C=O) groups is 2. The molecule has 0 spiro atoms. The van der Waals surface area contributed by atoms with E-state index < -0.39 is 18.0 Å². The monoisotopic (exact) mass is 310 g/mol. The smallest absolute Gasteiger partial charge is 0.335 e. The number of esters is 1. The molecule has 0 amide bonds. The number of aliphatic hydroxyl groups excluding tert-OH is 1. The second-order valence-electron chi connectivity index (χ2n) is 4.84. The van der Waals surface area contributed by atoms with E-state index in [1.54, 1.807) is 6.92 Å². The highest BCUT2D eigenvalue weighted by molar-refractivity contribution is 8.13. The minimum Gasteiger partial charge on any atom is -0.464 e. The molecule has 1 aromatic rings. The molecule has 0 unspecified atom stereocenters. The topological polar surface area (TPSA) is 63.6 Å². The number of hydrogen-bond donors (Lipinski definition) is 1. The molecule has 0 fully saturated rings. The van der Waals surface area contributed by atoms with E-state index in [0.29, 0.717) is 6.42 Å². The van der Waals surface area contributed by atoms with Gasteiger partial charge in [-0.05, 0) is 25.0 Å². The fourth-order valence-corrected chi connectivity index (χ4v) is 3.00. The van der Waals surface area contributed by atoms with Gasteiger partial charge < -0.3 is 9.84 Å². The predicted molar refractivity (Wildman–Crippen MR) is 82.9 cm³/mol. The Balaban J connectivity index is 2.86. The van der Waals surface area contributed by atoms with Crippen molar-refractivity contribution in [2.45, 2.75) is 38.2 Å². The normalized spacial score (nSPS) is 15.0. The summed E-state index contributed by atoms with van der Waals surface area (Å²) < 4.78 is 4.83. The zero-order valence-electron chi connectivity index (χ0n) is 12.6. The van der Waals surface area contributed by atoms with Crippen LogP contribution in [0.3, 0.4) is 0 Å². The van der Waals surface area contributed by atoms with Crippen molar-refractivity contribution in [3.63, 3.8) is 0 Å². The van der Waals surface area contributed by atoms with E-state index in [-0.39, 0.29) is 17.6 Å². The first-order chi connectivity index (χ1) is 10.0. The zero-order valence-corrected chi connectivity index (χ0v) is 13.4. The third-order valence-electron chi connectivity index (χ3n) is 3.36. The van der Waals surface area contributed by atoms with Gasteiger partial charge in [-0.2, -0.15) is 0 Å². The summed E-state index contributed by atoms with van der Waals surface area (Å²) in [6.45, 7) is 5.64. The van der Waals surface area contributed by atoms with Crippen molar-refractivity contribution >= 4 is 22.8 Å². The molecule has 3 atom stereocenters. The summed E-state index contributed by atoms with van der Waals surface area (Å²) in [7, 11) is 0. The van der Waals surface area contributed by atoms with Crippen LogP contribution in [0.1, 0.15) is 27.2 Å². The van der Waals surface area contributed by atoms with Crippen LogP contribution in [0, 0.1) is 11.8 Å². The molecule has 1 rings (SSSR count). The van der Waals surface area contributed by atoms with Gasteiger partial charge in [0.15, 0.2) is 11.2 Å². The lowest BCUT2D eigenvalue weighted by molar-refractivity contribution is -0.158. The highest BCUT2D eigenvalue weighted by atomic mass is 32.2. The number of ether oxygens (including phenoxy) is 1. The van der Waals surface area contributed by atoms with E-state index in [4.69, 9.17) is 4.74 Å². The molecule has 0 saturated heterocycles. The maximum atomic E-state index is 12.5. The number of benzene rings is 1. The molecule has 4 nitrogen and oxygen atoms in total. The number of aliphatic hydroxyl groups is 1. The molecule has 116 valence electrons. The van der Waals surface area contributed by atoms with Crippen LogP contribution in [0.5, 0.6) is 0 Å². The Bertz CT molecular complexity index is 461. The highest BCUT2D eigenvalue weighted by Crippen LogP contribution is 2.30. The molecular weight excluding hydrogens is 288 g/mol. The van der Waals surface area contributed by atoms with Gasteiger partial charge in [0.25, 0.3) is 0 Å². The van der Waals surface area contributed by atoms with Crippen molar-refractivity contribution in [1.82, 2.24) is 0 Å². The van der Waals surface area contributed by atoms with Gasteiger partial charge in [-0.15, -0.1) is 0 Å². The lowest BCUT2D eigenvalue weighted by Gasteiger charge is -2.25. The average molecular weight is 310 g/mol. The van der Waals surface area contributed by atoms with Crippen molar-refractivity contribution in [3.05, 3.63) is 30.3 Å². The van der Waals surface area contributed by atoms with Gasteiger partial charge in [-0.25, -0.2) is 4.79 Å². The third-order valence-corrected chi connectivity index (χ3v) is 4.34. The third kappa shape index (κ3) is 5.17. The van der Waals surface area contributed by atoms with E-state index in [0.717, 1.165) is 16.7 Å². The first kappa shape index (κ1) is 17.7. The van der Waals surface area contributed by atoms with E-state index in [1.165, 1.54) is 0 Å². The molecule has 1 aromatic carbocycles. The SMILES string of the molecule is CCOC(=O)[C@H](O)[C@@H](C(=O)Sc1ccccc1)[C@@H](C)CC. The summed E-state index contributed by atoms with van der Waals surface area (Å²) in [6, 6.07) is 9.21. The van der Waals surface area contributed by atoms with Crippen LogP contribution in [-0.2, 0) is 14.3 Å². The van der Waals surface area contributed by atoms with Gasteiger partial charge in [0.2, 0.25) is 0 Å². The van der Waals surface area contributed by atoms with Crippen LogP contribution in [0.15, 0.2) is 35.2 Å². The van der Waals surface area contributed by atoms with Crippen molar-refractivity contribution in [2.24, 2.45) is 11.8 Å². The van der Waals surface area contributed by atoms with E-state index >= 15 is 0 Å². The maximum absolute atomic E-state index is 12.5. The molecule has 0 aliphatic rings. The Kier molecular flexibility index (Phi) is 7.47. The minimum absolute atomic E-state index is 0.104. The second-order valence-corrected chi connectivity index (χ2v) is 5.92. The van der Waals surface area contributed by atoms with Crippen molar-refractivity contribution in [2.75, 3.05) is 6.61 Å². The second kappa shape index (κ2) is 8.85. The Morgan fingerprint density at radius 1 is 1.24 bits per heavy atom. The molecule has 0 aliphatic heterocycles. The minimum atomic E-state index is -1.41. The number of thioether (sulfide) groups is 1. The van der Waals surface area contributed by atoms with Crippen molar-refractivity contribution < 1.29 is 19.4 Å². The van der Waals surface area contributed by atoms with E-state index in [1.807, 2.05) is 44.2 Å². The number of hydrogen-bond acceptors (Lipinski definition) is 5. The van der Waals surface area contributed by atoms with Gasteiger partial charge in [0.05, 0.1) is 12.5 Å². The fourth-order valence-electron chi connectivity index (χ4n) is 1.97. The molecular formula is C16H22O4S. The van der Waals surface area contributed by atoms with Gasteiger partial charge >= 0.3 is 5.97 Å². The predicted octanol–water partition coefficient (Wildman–Crippen LogP) is 2.89. The van der Waals surface area contributed by atoms with Crippen LogP contribution in [-0.4, -0.2) is 28.9 Å². The van der Waals surface area contributed by atoms with Crippen LogP contribution in [0.25, 0.3) is 0 Å². The summed E-state index contributed by atoms with van der Waals surface area (Å²) in [5, 5.41) is 9.94. The molecule has 5 heteroatoms. The number of carbonyl (C=O) groups excluding carboxylic acids is 2. The molecule has 0 radical (unpaired) electrons. The van der Waals surface area contributed by atoms with Gasteiger partial charge in [0, 0.05) is 4.90 Å². The lowest BCUT2D eigenvalue weighted by atomic mass is 9.88. The lowest BCUT2D eigenvalue weighted by Crippen LogP contribution is -2.39. The Hall–Kier alpha value is -1.33. The van der Waals surface area contributed by atoms with Crippen LogP contribution < -0.4 is 0 Å². The molecule has 1 N–H and O–H groups in total. The summed E-state index contributed by atoms with van der Waals surface area (Å²) in [5.74, 6) is -1.60. The molecule has 0 saturated carbocycles. The van der Waals surface area contributed by atoms with Gasteiger partial charge in [-0.3, -0.25) is 4.79 Å². The number of rotatable bonds is 7. The first-order valence-corrected chi connectivity index (χ1v) is 7.94. The summed E-state index contributed by atoms with van der Waals surface area (Å²) >= 11 is 1.05. The van der Waals surface area contributed by atoms with Crippen LogP contribution in [0.2, 0.25) is 0 Å². The molecule has 0 aliphatic carbocycles. The summed E-state index contributed by atoms with van der Waals surface area (Å²) in [4.78, 5) is 25.0. The summed E-state index contributed by atoms with van der Waals surface area (Å²) in [6.07, 6.45) is -0.717. The van der Waals surface area contributed by atoms with Crippen LogP contribution in [0.4, 0.5) is 0 Å². The van der Waals surface area contributed by atoms with E-state index in [9.17, 15) is 14.7 Å². The largest absolute Gasteiger partial charge is 0.464 e. The van der Waals surface area contributed by atoms with Crippen molar-refractivity contribution in [1.29, 1.82) is 0 Å². The maximum Gasteiger partial charge on any atom is 0.335 e. The first-order valence-electron chi connectivity index (χ1n) is 7.12. The zero-order chi connectivity index (χ0) is 15.8. The molecule has 0 heterocycles. The quantitative estimate of drug-likeness (QED) is 0.620. The Morgan fingerprint density at radius 3 is 2.38 bits per heavy atom. The fraction of sp³-hybridized carbons (Fsp3) is 0.500. The Labute approximate surface area is 129 Å². The van der Waals surface area contributed by atoms with Crippen LogP contribution >= 0.6 is 11.8 Å². The average Bonchev–Trinajstić information content (AvgIpc) is 2.48. The summed E-state index contributed by atoms with van der Waals surface area (Å²) in [5.41, 5.74) is 0. The molecule has 0 bridgehead atoms. The van der Waals surface area contributed by atoms with Gasteiger partial charge in [0.1, 0.15) is 0 Å². The van der Waals surface area contributed by atoms with Gasteiger partial charge in [-0.1, -0.05) is 50.2 Å². The molecule has 21 heavy (non-hydrogen) atoms.